The van der Waals surface area contributed by atoms with E-state index in [4.69, 9.17) is 21.1 Å². The van der Waals surface area contributed by atoms with Gasteiger partial charge in [-0.05, 0) is 71.8 Å². The summed E-state index contributed by atoms with van der Waals surface area (Å²) >= 11 is 8.43. The van der Waals surface area contributed by atoms with Crippen molar-refractivity contribution in [2.75, 3.05) is 6.61 Å². The van der Waals surface area contributed by atoms with Crippen molar-refractivity contribution in [1.82, 2.24) is 10.2 Å². The average Bonchev–Trinajstić information content (AvgIpc) is 3.08. The van der Waals surface area contributed by atoms with Crippen LogP contribution in [0.1, 0.15) is 29.2 Å². The first-order valence-electron chi connectivity index (χ1n) is 11.1. The third-order valence-electron chi connectivity index (χ3n) is 5.40. The summed E-state index contributed by atoms with van der Waals surface area (Å²) in [5.41, 5.74) is 3.79. The Morgan fingerprint density at radius 2 is 1.80 bits per heavy atom. The molecule has 0 aromatic heterocycles. The summed E-state index contributed by atoms with van der Waals surface area (Å²) in [6.45, 7) is 4.82. The van der Waals surface area contributed by atoms with E-state index >= 15 is 0 Å². The van der Waals surface area contributed by atoms with Gasteiger partial charge in [0.25, 0.3) is 5.91 Å². The summed E-state index contributed by atoms with van der Waals surface area (Å²) in [7, 11) is 0. The molecule has 3 aromatic carbocycles. The van der Waals surface area contributed by atoms with Crippen LogP contribution in [0.4, 0.5) is 4.79 Å². The highest BCUT2D eigenvalue weighted by Crippen LogP contribution is 2.36. The summed E-state index contributed by atoms with van der Waals surface area (Å²) in [6, 6.07) is 18.5. The molecule has 6 nitrogen and oxygen atoms in total. The number of hydrogen-bond donors (Lipinski definition) is 1. The molecule has 1 aliphatic heterocycles. The fourth-order valence-electron chi connectivity index (χ4n) is 3.60. The predicted molar refractivity (Wildman–Crippen MR) is 144 cm³/mol. The Bertz CT molecular complexity index is 1290. The number of nitrogens with one attached hydrogen (secondary N) is 1. The number of carbonyl (C=O) groups is 2. The fraction of sp³-hybridized carbons (Fsp3) is 0.185. The lowest BCUT2D eigenvalue weighted by atomic mass is 10.1. The van der Waals surface area contributed by atoms with Gasteiger partial charge in [-0.1, -0.05) is 59.6 Å². The van der Waals surface area contributed by atoms with Crippen LogP contribution in [0.3, 0.4) is 0 Å². The van der Waals surface area contributed by atoms with E-state index in [9.17, 15) is 9.59 Å². The molecule has 0 radical (unpaired) electrons. The molecule has 35 heavy (non-hydrogen) atoms. The molecule has 1 N–H and O–H groups in total. The van der Waals surface area contributed by atoms with Gasteiger partial charge in [0.2, 0.25) is 0 Å². The topological polar surface area (TPSA) is 67.9 Å². The zero-order chi connectivity index (χ0) is 24.9. The van der Waals surface area contributed by atoms with Crippen LogP contribution in [0.25, 0.3) is 6.08 Å². The lowest BCUT2D eigenvalue weighted by Gasteiger charge is -2.15. The second-order valence-electron chi connectivity index (χ2n) is 8.01. The fourth-order valence-corrected chi connectivity index (χ4v) is 4.57. The van der Waals surface area contributed by atoms with Crippen molar-refractivity contribution in [2.24, 2.45) is 0 Å². The summed E-state index contributed by atoms with van der Waals surface area (Å²) in [6.07, 6.45) is 1.65. The Kier molecular flexibility index (Phi) is 7.97. The number of nitrogens with zero attached hydrogens (tertiary/aromatic N) is 1. The lowest BCUT2D eigenvalue weighted by molar-refractivity contribution is -0.123. The van der Waals surface area contributed by atoms with E-state index < -0.39 is 6.03 Å². The van der Waals surface area contributed by atoms with Gasteiger partial charge in [0.05, 0.1) is 16.7 Å². The van der Waals surface area contributed by atoms with E-state index in [0.717, 1.165) is 20.3 Å². The Morgan fingerprint density at radius 1 is 1.06 bits per heavy atom. The van der Waals surface area contributed by atoms with Crippen LogP contribution in [0.5, 0.6) is 11.5 Å². The molecule has 0 aliphatic carbocycles. The van der Waals surface area contributed by atoms with Crippen LogP contribution < -0.4 is 14.8 Å². The van der Waals surface area contributed by atoms with Crippen LogP contribution in [-0.2, 0) is 17.9 Å². The van der Waals surface area contributed by atoms with Crippen molar-refractivity contribution in [3.05, 3.63) is 97.2 Å². The van der Waals surface area contributed by atoms with Gasteiger partial charge in [-0.3, -0.25) is 9.69 Å². The molecule has 1 aliphatic rings. The number of benzene rings is 3. The standard InChI is InChI=1S/C27H24ClIN2O4/c1-3-34-24-14-19(12-22(29)25(24)35-16-20-6-4-5-7-21(20)28)13-23-26(32)31(27(33)30-23)15-18-10-8-17(2)9-11-18/h4-14H,3,15-16H2,1-2H3,(H,30,33)/b23-13+. The Hall–Kier alpha value is -3.04. The molecule has 3 amide bonds. The molecule has 0 spiro atoms. The van der Waals surface area contributed by atoms with Crippen LogP contribution in [0.2, 0.25) is 5.02 Å². The molecule has 1 fully saturated rings. The number of rotatable bonds is 8. The van der Waals surface area contributed by atoms with Gasteiger partial charge in [0, 0.05) is 10.6 Å². The van der Waals surface area contributed by atoms with E-state index in [1.165, 1.54) is 4.90 Å². The molecule has 0 atom stereocenters. The van der Waals surface area contributed by atoms with Crippen molar-refractivity contribution >= 4 is 52.2 Å². The Balaban J connectivity index is 1.55. The Labute approximate surface area is 223 Å². The van der Waals surface area contributed by atoms with Gasteiger partial charge in [-0.25, -0.2) is 4.79 Å². The van der Waals surface area contributed by atoms with Gasteiger partial charge in [-0.15, -0.1) is 0 Å². The number of ether oxygens (including phenoxy) is 2. The summed E-state index contributed by atoms with van der Waals surface area (Å²) in [5, 5.41) is 3.31. The van der Waals surface area contributed by atoms with Crippen LogP contribution in [-0.4, -0.2) is 23.4 Å². The van der Waals surface area contributed by atoms with Gasteiger partial charge >= 0.3 is 6.03 Å². The minimum Gasteiger partial charge on any atom is -0.490 e. The summed E-state index contributed by atoms with van der Waals surface area (Å²) in [5.74, 6) is 0.770. The van der Waals surface area contributed by atoms with Crippen molar-refractivity contribution in [3.8, 4) is 11.5 Å². The van der Waals surface area contributed by atoms with Gasteiger partial charge < -0.3 is 14.8 Å². The van der Waals surface area contributed by atoms with E-state index in [1.807, 2.05) is 68.4 Å². The zero-order valence-corrected chi connectivity index (χ0v) is 22.2. The first-order valence-corrected chi connectivity index (χ1v) is 12.5. The van der Waals surface area contributed by atoms with Gasteiger partial charge in [0.15, 0.2) is 11.5 Å². The van der Waals surface area contributed by atoms with E-state index in [1.54, 1.807) is 12.1 Å². The van der Waals surface area contributed by atoms with Crippen LogP contribution in [0, 0.1) is 10.5 Å². The quantitative estimate of drug-likeness (QED) is 0.186. The number of urea groups is 1. The minimum atomic E-state index is -0.443. The molecule has 4 rings (SSSR count). The molecule has 0 saturated carbocycles. The first-order chi connectivity index (χ1) is 16.9. The van der Waals surface area contributed by atoms with E-state index in [-0.39, 0.29) is 18.1 Å². The van der Waals surface area contributed by atoms with Crippen molar-refractivity contribution in [1.29, 1.82) is 0 Å². The largest absolute Gasteiger partial charge is 0.490 e. The van der Waals surface area contributed by atoms with Crippen LogP contribution in [0.15, 0.2) is 66.4 Å². The number of amides is 3. The zero-order valence-electron chi connectivity index (χ0n) is 19.3. The SMILES string of the molecule is CCOc1cc(/C=C2/NC(=O)N(Cc3ccc(C)cc3)C2=O)cc(I)c1OCc1ccccc1Cl. The van der Waals surface area contributed by atoms with Crippen molar-refractivity contribution in [3.63, 3.8) is 0 Å². The molecule has 0 unspecified atom stereocenters. The molecule has 3 aromatic rings. The monoisotopic (exact) mass is 602 g/mol. The third kappa shape index (κ3) is 5.97. The van der Waals surface area contributed by atoms with Gasteiger partial charge in [-0.2, -0.15) is 0 Å². The Morgan fingerprint density at radius 3 is 2.51 bits per heavy atom. The normalized spacial score (nSPS) is 14.4. The van der Waals surface area contributed by atoms with E-state index in [0.29, 0.717) is 35.3 Å². The van der Waals surface area contributed by atoms with Crippen LogP contribution >= 0.6 is 34.2 Å². The molecular weight excluding hydrogens is 579 g/mol. The number of aryl methyl sites for hydroxylation is 1. The molecule has 180 valence electrons. The van der Waals surface area contributed by atoms with E-state index in [2.05, 4.69) is 27.9 Å². The smallest absolute Gasteiger partial charge is 0.329 e. The maximum Gasteiger partial charge on any atom is 0.329 e. The number of hydrogen-bond acceptors (Lipinski definition) is 4. The summed E-state index contributed by atoms with van der Waals surface area (Å²) < 4.78 is 12.7. The highest BCUT2D eigenvalue weighted by molar-refractivity contribution is 14.1. The maximum atomic E-state index is 12.9. The highest BCUT2D eigenvalue weighted by atomic mass is 127. The number of carbonyl (C=O) groups excluding carboxylic acids is 2. The molecule has 0 bridgehead atoms. The second-order valence-corrected chi connectivity index (χ2v) is 9.58. The predicted octanol–water partition coefficient (Wildman–Crippen LogP) is 6.32. The molecule has 1 saturated heterocycles. The maximum absolute atomic E-state index is 12.9. The number of halogens is 2. The van der Waals surface area contributed by atoms with Crippen molar-refractivity contribution < 1.29 is 19.1 Å². The first kappa shape index (κ1) is 25.1. The highest BCUT2D eigenvalue weighted by Gasteiger charge is 2.33. The summed E-state index contributed by atoms with van der Waals surface area (Å²) in [4.78, 5) is 26.6. The molecular formula is C27H24ClIN2O4. The molecule has 1 heterocycles. The van der Waals surface area contributed by atoms with Gasteiger partial charge in [0.1, 0.15) is 12.3 Å². The minimum absolute atomic E-state index is 0.207. The third-order valence-corrected chi connectivity index (χ3v) is 6.57. The van der Waals surface area contributed by atoms with Crippen molar-refractivity contribution in [2.45, 2.75) is 27.0 Å². The lowest BCUT2D eigenvalue weighted by Crippen LogP contribution is -2.30. The molecule has 8 heteroatoms. The second kappa shape index (κ2) is 11.1. The number of imide groups is 1. The average molecular weight is 603 g/mol.